The zero-order valence-corrected chi connectivity index (χ0v) is 4.90. The van der Waals surface area contributed by atoms with Gasteiger partial charge < -0.3 is 0 Å². The van der Waals surface area contributed by atoms with Gasteiger partial charge in [-0.1, -0.05) is 6.92 Å². The molecule has 1 heterocycles. The summed E-state index contributed by atoms with van der Waals surface area (Å²) in [6.45, 7) is 2.07. The van der Waals surface area contributed by atoms with Crippen molar-refractivity contribution in [1.82, 2.24) is 8.75 Å². The van der Waals surface area contributed by atoms with Gasteiger partial charge in [-0.15, -0.1) is 0 Å². The molecule has 0 aliphatic carbocycles. The summed E-state index contributed by atoms with van der Waals surface area (Å²) in [5, 5.41) is 0. The van der Waals surface area contributed by atoms with E-state index in [1.165, 1.54) is 11.7 Å². The van der Waals surface area contributed by atoms with E-state index < -0.39 is 0 Å². The summed E-state index contributed by atoms with van der Waals surface area (Å²) >= 11 is 1.26. The van der Waals surface area contributed by atoms with Gasteiger partial charge in [0, 0.05) is 0 Å². The number of hydrogen-bond donors (Lipinski definition) is 0. The van der Waals surface area contributed by atoms with Gasteiger partial charge in [-0.2, -0.15) is 8.75 Å². The van der Waals surface area contributed by atoms with E-state index >= 15 is 0 Å². The average molecular weight is 114 g/mol. The van der Waals surface area contributed by atoms with Crippen LogP contribution in [0.2, 0.25) is 0 Å². The lowest BCUT2D eigenvalue weighted by molar-refractivity contribution is 1.08. The predicted molar refractivity (Wildman–Crippen MR) is 29.3 cm³/mol. The van der Waals surface area contributed by atoms with Gasteiger partial charge >= 0.3 is 0 Å². The van der Waals surface area contributed by atoms with Gasteiger partial charge in [0.05, 0.1) is 23.6 Å². The molecule has 0 spiro atoms. The van der Waals surface area contributed by atoms with Crippen molar-refractivity contribution in [2.75, 3.05) is 0 Å². The van der Waals surface area contributed by atoms with Crippen LogP contribution in [0.4, 0.5) is 0 Å². The largest absolute Gasteiger partial charge is 0.181 e. The fraction of sp³-hybridized carbons (Fsp3) is 0.500. The fourth-order valence-corrected chi connectivity index (χ4v) is 0.837. The summed E-state index contributed by atoms with van der Waals surface area (Å²) in [7, 11) is 0. The molecule has 0 unspecified atom stereocenters. The van der Waals surface area contributed by atoms with Gasteiger partial charge in [0.1, 0.15) is 0 Å². The Morgan fingerprint density at radius 2 is 2.71 bits per heavy atom. The molecule has 0 amide bonds. The molecule has 0 saturated heterocycles. The number of hydrogen-bond acceptors (Lipinski definition) is 3. The van der Waals surface area contributed by atoms with Gasteiger partial charge in [0.15, 0.2) is 0 Å². The predicted octanol–water partition coefficient (Wildman–Crippen LogP) is 1.10. The Balaban J connectivity index is 2.76. The maximum atomic E-state index is 3.97. The van der Waals surface area contributed by atoms with Crippen molar-refractivity contribution in [1.29, 1.82) is 0 Å². The SMILES string of the molecule is CCc1cnsn1. The molecule has 1 aromatic rings. The Bertz CT molecular complexity index is 124. The van der Waals surface area contributed by atoms with Crippen LogP contribution >= 0.6 is 11.7 Å². The Morgan fingerprint density at radius 3 is 3.00 bits per heavy atom. The molecular formula is C4H6N2S. The third-order valence-electron chi connectivity index (χ3n) is 0.769. The highest BCUT2D eigenvalue weighted by atomic mass is 32.1. The average Bonchev–Trinajstić information content (AvgIpc) is 2.14. The topological polar surface area (TPSA) is 25.8 Å². The van der Waals surface area contributed by atoms with E-state index in [9.17, 15) is 0 Å². The number of aryl methyl sites for hydroxylation is 1. The van der Waals surface area contributed by atoms with E-state index in [2.05, 4.69) is 15.7 Å². The highest BCUT2D eigenvalue weighted by Crippen LogP contribution is 1.93. The van der Waals surface area contributed by atoms with E-state index in [-0.39, 0.29) is 0 Å². The fourth-order valence-electron chi connectivity index (χ4n) is 0.340. The molecule has 0 radical (unpaired) electrons. The van der Waals surface area contributed by atoms with E-state index in [4.69, 9.17) is 0 Å². The molecular weight excluding hydrogens is 108 g/mol. The van der Waals surface area contributed by atoms with Crippen molar-refractivity contribution in [3.8, 4) is 0 Å². The molecule has 1 aromatic heterocycles. The summed E-state index contributed by atoms with van der Waals surface area (Å²) in [5.74, 6) is 0. The van der Waals surface area contributed by atoms with Crippen LogP contribution < -0.4 is 0 Å². The molecule has 2 nitrogen and oxygen atoms in total. The third kappa shape index (κ3) is 0.962. The van der Waals surface area contributed by atoms with Gasteiger partial charge in [-0.05, 0) is 6.42 Å². The Hall–Kier alpha value is -0.440. The summed E-state index contributed by atoms with van der Waals surface area (Å²) in [6.07, 6.45) is 2.79. The first-order valence-corrected chi connectivity index (χ1v) is 2.93. The second-order valence-electron chi connectivity index (χ2n) is 1.25. The smallest absolute Gasteiger partial charge is 0.0740 e. The first-order chi connectivity index (χ1) is 3.43. The Labute approximate surface area is 46.5 Å². The lowest BCUT2D eigenvalue weighted by Crippen LogP contribution is -1.72. The first kappa shape index (κ1) is 4.71. The van der Waals surface area contributed by atoms with Crippen LogP contribution in [-0.2, 0) is 6.42 Å². The van der Waals surface area contributed by atoms with Gasteiger partial charge in [-0.3, -0.25) is 0 Å². The monoisotopic (exact) mass is 114 g/mol. The molecule has 0 N–H and O–H groups in total. The second-order valence-corrected chi connectivity index (χ2v) is 1.81. The summed E-state index contributed by atoms with van der Waals surface area (Å²) < 4.78 is 7.79. The molecule has 38 valence electrons. The van der Waals surface area contributed by atoms with Gasteiger partial charge in [0.25, 0.3) is 0 Å². The van der Waals surface area contributed by atoms with E-state index in [0.717, 1.165) is 12.1 Å². The molecule has 3 heteroatoms. The van der Waals surface area contributed by atoms with Gasteiger partial charge in [0.2, 0.25) is 0 Å². The Kier molecular flexibility index (Phi) is 1.36. The van der Waals surface area contributed by atoms with Crippen molar-refractivity contribution in [2.45, 2.75) is 13.3 Å². The lowest BCUT2D eigenvalue weighted by Gasteiger charge is -1.74. The van der Waals surface area contributed by atoms with E-state index in [1.807, 2.05) is 0 Å². The summed E-state index contributed by atoms with van der Waals surface area (Å²) in [5.41, 5.74) is 1.09. The van der Waals surface area contributed by atoms with Crippen molar-refractivity contribution >= 4 is 11.7 Å². The molecule has 7 heavy (non-hydrogen) atoms. The maximum absolute atomic E-state index is 3.97. The van der Waals surface area contributed by atoms with Crippen LogP contribution in [0.25, 0.3) is 0 Å². The molecule has 0 atom stereocenters. The number of aromatic nitrogens is 2. The molecule has 0 aliphatic rings. The van der Waals surface area contributed by atoms with Crippen LogP contribution in [0.15, 0.2) is 6.20 Å². The van der Waals surface area contributed by atoms with Crippen LogP contribution in [-0.4, -0.2) is 8.75 Å². The lowest BCUT2D eigenvalue weighted by atomic mass is 10.4. The van der Waals surface area contributed by atoms with Crippen LogP contribution in [0.3, 0.4) is 0 Å². The van der Waals surface area contributed by atoms with Gasteiger partial charge in [-0.25, -0.2) is 0 Å². The van der Waals surface area contributed by atoms with E-state index in [1.54, 1.807) is 6.20 Å². The van der Waals surface area contributed by atoms with Crippen LogP contribution in [0, 0.1) is 0 Å². The summed E-state index contributed by atoms with van der Waals surface area (Å²) in [4.78, 5) is 0. The highest BCUT2D eigenvalue weighted by Gasteiger charge is 1.86. The quantitative estimate of drug-likeness (QED) is 0.546. The molecule has 0 aromatic carbocycles. The normalized spacial score (nSPS) is 9.29. The van der Waals surface area contributed by atoms with Crippen LogP contribution in [0.1, 0.15) is 12.6 Å². The van der Waals surface area contributed by atoms with Crippen molar-refractivity contribution in [3.05, 3.63) is 11.9 Å². The zero-order chi connectivity index (χ0) is 5.11. The Morgan fingerprint density at radius 1 is 1.86 bits per heavy atom. The summed E-state index contributed by atoms with van der Waals surface area (Å²) in [6, 6.07) is 0. The van der Waals surface area contributed by atoms with Crippen molar-refractivity contribution in [2.24, 2.45) is 0 Å². The molecule has 1 rings (SSSR count). The van der Waals surface area contributed by atoms with Crippen molar-refractivity contribution in [3.63, 3.8) is 0 Å². The molecule has 0 bridgehead atoms. The second kappa shape index (κ2) is 2.02. The number of nitrogens with zero attached hydrogens (tertiary/aromatic N) is 2. The molecule has 0 fully saturated rings. The minimum Gasteiger partial charge on any atom is -0.181 e. The number of rotatable bonds is 1. The molecule has 0 saturated carbocycles. The highest BCUT2D eigenvalue weighted by molar-refractivity contribution is 6.99. The molecule has 0 aliphatic heterocycles. The third-order valence-corrected chi connectivity index (χ3v) is 1.29. The zero-order valence-electron chi connectivity index (χ0n) is 4.09. The minimum atomic E-state index is 0.997. The van der Waals surface area contributed by atoms with E-state index in [0.29, 0.717) is 0 Å². The first-order valence-electron chi connectivity index (χ1n) is 2.20. The van der Waals surface area contributed by atoms with Crippen LogP contribution in [0.5, 0.6) is 0 Å². The minimum absolute atomic E-state index is 0.997. The standard InChI is InChI=1S/C4H6N2S/c1-2-4-3-5-7-6-4/h3H,2H2,1H3. The van der Waals surface area contributed by atoms with Crippen molar-refractivity contribution < 1.29 is 0 Å². The maximum Gasteiger partial charge on any atom is 0.0740 e.